The normalized spacial score (nSPS) is 10.7. The second-order valence-electron chi connectivity index (χ2n) is 4.90. The van der Waals surface area contributed by atoms with E-state index in [-0.39, 0.29) is 5.82 Å². The lowest BCUT2D eigenvalue weighted by atomic mass is 10.1. The third-order valence-corrected chi connectivity index (χ3v) is 3.44. The maximum absolute atomic E-state index is 13.1. The number of nitrogen functional groups attached to an aromatic ring is 1. The zero-order valence-corrected chi connectivity index (χ0v) is 11.5. The van der Waals surface area contributed by atoms with Crippen LogP contribution in [0.4, 0.5) is 15.8 Å². The standard InChI is InChI=1S/C17H16FN3/c18-13-4-1-3-12(11-13)8-10-21-16-7-6-15-14(17(16)19)5-2-9-20-15/h1-7,9,11,21H,8,10,19H2. The number of nitrogens with zero attached hydrogens (tertiary/aromatic N) is 1. The number of fused-ring (bicyclic) bond motifs is 1. The van der Waals surface area contributed by atoms with Crippen molar-refractivity contribution >= 4 is 22.3 Å². The molecule has 21 heavy (non-hydrogen) atoms. The fraction of sp³-hybridized carbons (Fsp3) is 0.118. The van der Waals surface area contributed by atoms with Gasteiger partial charge in [0.2, 0.25) is 0 Å². The van der Waals surface area contributed by atoms with E-state index in [9.17, 15) is 4.39 Å². The molecule has 3 aromatic rings. The van der Waals surface area contributed by atoms with Crippen LogP contribution in [0.3, 0.4) is 0 Å². The van der Waals surface area contributed by atoms with E-state index in [0.29, 0.717) is 12.2 Å². The molecule has 1 heterocycles. The molecule has 2 aromatic carbocycles. The molecule has 3 rings (SSSR count). The molecule has 3 N–H and O–H groups in total. The van der Waals surface area contributed by atoms with Crippen LogP contribution in [-0.2, 0) is 6.42 Å². The van der Waals surface area contributed by atoms with Gasteiger partial charge in [-0.05, 0) is 48.4 Å². The summed E-state index contributed by atoms with van der Waals surface area (Å²) in [4.78, 5) is 4.27. The zero-order valence-electron chi connectivity index (χ0n) is 11.5. The van der Waals surface area contributed by atoms with Gasteiger partial charge in [0.1, 0.15) is 5.82 Å². The molecule has 3 nitrogen and oxygen atoms in total. The molecule has 4 heteroatoms. The molecule has 0 radical (unpaired) electrons. The minimum atomic E-state index is -0.205. The molecule has 0 spiro atoms. The lowest BCUT2D eigenvalue weighted by Crippen LogP contribution is -2.07. The minimum absolute atomic E-state index is 0.205. The number of hydrogen-bond acceptors (Lipinski definition) is 3. The Balaban J connectivity index is 1.72. The summed E-state index contributed by atoms with van der Waals surface area (Å²) in [6, 6.07) is 14.3. The molecule has 0 saturated heterocycles. The highest BCUT2D eigenvalue weighted by molar-refractivity contribution is 5.96. The van der Waals surface area contributed by atoms with E-state index in [1.807, 2.05) is 30.3 Å². The quantitative estimate of drug-likeness (QED) is 0.718. The number of pyridine rings is 1. The maximum atomic E-state index is 13.1. The van der Waals surface area contributed by atoms with Crippen molar-refractivity contribution in [2.24, 2.45) is 0 Å². The second kappa shape index (κ2) is 5.79. The van der Waals surface area contributed by atoms with Gasteiger partial charge in [-0.15, -0.1) is 0 Å². The first-order chi connectivity index (χ1) is 10.2. The van der Waals surface area contributed by atoms with Crippen LogP contribution in [0, 0.1) is 5.82 Å². The second-order valence-corrected chi connectivity index (χ2v) is 4.90. The number of aromatic nitrogens is 1. The topological polar surface area (TPSA) is 50.9 Å². The summed E-state index contributed by atoms with van der Waals surface area (Å²) in [5.41, 5.74) is 9.58. The number of hydrogen-bond donors (Lipinski definition) is 2. The number of rotatable bonds is 4. The van der Waals surface area contributed by atoms with Gasteiger partial charge in [-0.1, -0.05) is 12.1 Å². The molecule has 0 atom stereocenters. The monoisotopic (exact) mass is 281 g/mol. The highest BCUT2D eigenvalue weighted by Crippen LogP contribution is 2.27. The number of nitrogens with one attached hydrogen (secondary N) is 1. The van der Waals surface area contributed by atoms with Crippen molar-refractivity contribution in [1.82, 2.24) is 4.98 Å². The highest BCUT2D eigenvalue weighted by atomic mass is 19.1. The average Bonchev–Trinajstić information content (AvgIpc) is 2.50. The van der Waals surface area contributed by atoms with Crippen LogP contribution >= 0.6 is 0 Å². The van der Waals surface area contributed by atoms with E-state index in [0.717, 1.165) is 28.6 Å². The summed E-state index contributed by atoms with van der Waals surface area (Å²) in [5, 5.41) is 4.24. The van der Waals surface area contributed by atoms with Crippen LogP contribution in [0.15, 0.2) is 54.7 Å². The molecular weight excluding hydrogens is 265 g/mol. The number of halogens is 1. The third kappa shape index (κ3) is 2.94. The van der Waals surface area contributed by atoms with Crippen LogP contribution in [0.25, 0.3) is 10.9 Å². The number of anilines is 2. The number of nitrogens with two attached hydrogens (primary N) is 1. The molecule has 0 unspecified atom stereocenters. The Morgan fingerprint density at radius 3 is 2.86 bits per heavy atom. The van der Waals surface area contributed by atoms with Gasteiger partial charge < -0.3 is 11.1 Å². The van der Waals surface area contributed by atoms with E-state index in [2.05, 4.69) is 10.3 Å². The molecule has 0 amide bonds. The summed E-state index contributed by atoms with van der Waals surface area (Å²) in [5.74, 6) is -0.205. The van der Waals surface area contributed by atoms with Crippen molar-refractivity contribution < 1.29 is 4.39 Å². The van der Waals surface area contributed by atoms with Crippen LogP contribution in [0.5, 0.6) is 0 Å². The Morgan fingerprint density at radius 1 is 1.10 bits per heavy atom. The number of benzene rings is 2. The van der Waals surface area contributed by atoms with E-state index in [1.165, 1.54) is 6.07 Å². The minimum Gasteiger partial charge on any atom is -0.397 e. The summed E-state index contributed by atoms with van der Waals surface area (Å²) >= 11 is 0. The van der Waals surface area contributed by atoms with E-state index in [1.54, 1.807) is 18.3 Å². The van der Waals surface area contributed by atoms with Crippen molar-refractivity contribution in [1.29, 1.82) is 0 Å². The van der Waals surface area contributed by atoms with Gasteiger partial charge in [0, 0.05) is 18.1 Å². The molecule has 0 fully saturated rings. The van der Waals surface area contributed by atoms with Crippen LogP contribution in [0.2, 0.25) is 0 Å². The Labute approximate surface area is 122 Å². The molecular formula is C17H16FN3. The van der Waals surface area contributed by atoms with Gasteiger partial charge in [0.25, 0.3) is 0 Å². The summed E-state index contributed by atoms with van der Waals surface area (Å²) < 4.78 is 13.1. The fourth-order valence-electron chi connectivity index (χ4n) is 2.36. The molecule has 0 aliphatic heterocycles. The van der Waals surface area contributed by atoms with E-state index in [4.69, 9.17) is 5.73 Å². The fourth-order valence-corrected chi connectivity index (χ4v) is 2.36. The lowest BCUT2D eigenvalue weighted by Gasteiger charge is -2.11. The summed E-state index contributed by atoms with van der Waals surface area (Å²) in [6.45, 7) is 0.694. The van der Waals surface area contributed by atoms with Gasteiger partial charge in [0.05, 0.1) is 16.9 Å². The average molecular weight is 281 g/mol. The largest absolute Gasteiger partial charge is 0.397 e. The van der Waals surface area contributed by atoms with Gasteiger partial charge in [0.15, 0.2) is 0 Å². The smallest absolute Gasteiger partial charge is 0.123 e. The van der Waals surface area contributed by atoms with Gasteiger partial charge in [-0.3, -0.25) is 4.98 Å². The first-order valence-corrected chi connectivity index (χ1v) is 6.85. The maximum Gasteiger partial charge on any atom is 0.123 e. The van der Waals surface area contributed by atoms with Crippen LogP contribution in [0.1, 0.15) is 5.56 Å². The molecule has 0 bridgehead atoms. The van der Waals surface area contributed by atoms with E-state index < -0.39 is 0 Å². The summed E-state index contributed by atoms with van der Waals surface area (Å²) in [6.07, 6.45) is 2.49. The van der Waals surface area contributed by atoms with Crippen molar-refractivity contribution in [3.05, 3.63) is 66.1 Å². The highest BCUT2D eigenvalue weighted by Gasteiger charge is 2.04. The first kappa shape index (κ1) is 13.4. The van der Waals surface area contributed by atoms with Gasteiger partial charge >= 0.3 is 0 Å². The van der Waals surface area contributed by atoms with Crippen molar-refractivity contribution in [2.75, 3.05) is 17.6 Å². The SMILES string of the molecule is Nc1c(NCCc2cccc(F)c2)ccc2ncccc12. The molecule has 0 aliphatic rings. The predicted octanol–water partition coefficient (Wildman–Crippen LogP) is 3.61. The zero-order chi connectivity index (χ0) is 14.7. The predicted molar refractivity (Wildman–Crippen MR) is 84.7 cm³/mol. The molecule has 1 aromatic heterocycles. The first-order valence-electron chi connectivity index (χ1n) is 6.85. The van der Waals surface area contributed by atoms with Gasteiger partial charge in [-0.2, -0.15) is 0 Å². The molecule has 0 saturated carbocycles. The summed E-state index contributed by atoms with van der Waals surface area (Å²) in [7, 11) is 0. The Bertz CT molecular complexity index is 771. The van der Waals surface area contributed by atoms with Gasteiger partial charge in [-0.25, -0.2) is 4.39 Å². The van der Waals surface area contributed by atoms with Crippen LogP contribution < -0.4 is 11.1 Å². The van der Waals surface area contributed by atoms with Crippen molar-refractivity contribution in [3.63, 3.8) is 0 Å². The third-order valence-electron chi connectivity index (χ3n) is 3.44. The molecule has 0 aliphatic carbocycles. The van der Waals surface area contributed by atoms with Crippen molar-refractivity contribution in [2.45, 2.75) is 6.42 Å². The Morgan fingerprint density at radius 2 is 2.00 bits per heavy atom. The van der Waals surface area contributed by atoms with Crippen LogP contribution in [-0.4, -0.2) is 11.5 Å². The Kier molecular flexibility index (Phi) is 3.69. The van der Waals surface area contributed by atoms with Crippen molar-refractivity contribution in [3.8, 4) is 0 Å². The lowest BCUT2D eigenvalue weighted by molar-refractivity contribution is 0.625. The van der Waals surface area contributed by atoms with E-state index >= 15 is 0 Å². The molecule has 106 valence electrons. The Hall–Kier alpha value is -2.62.